The summed E-state index contributed by atoms with van der Waals surface area (Å²) in [4.78, 5) is 20.5. The molecule has 0 bridgehead atoms. The Bertz CT molecular complexity index is 936. The molecule has 4 nitrogen and oxygen atoms in total. The van der Waals surface area contributed by atoms with E-state index in [0.29, 0.717) is 5.69 Å². The van der Waals surface area contributed by atoms with Gasteiger partial charge < -0.3 is 5.32 Å². The Morgan fingerprint density at radius 3 is 2.38 bits per heavy atom. The summed E-state index contributed by atoms with van der Waals surface area (Å²) in [5.41, 5.74) is 3.25. The molecule has 0 radical (unpaired) electrons. The van der Waals surface area contributed by atoms with E-state index in [1.165, 1.54) is 24.0 Å². The maximum atomic E-state index is 13.7. The van der Waals surface area contributed by atoms with E-state index in [9.17, 15) is 13.6 Å². The van der Waals surface area contributed by atoms with Crippen LogP contribution in [0.15, 0.2) is 48.8 Å². The van der Waals surface area contributed by atoms with Gasteiger partial charge in [-0.2, -0.15) is 0 Å². The summed E-state index contributed by atoms with van der Waals surface area (Å²) in [6.45, 7) is 4.08. The SMILES string of the molecule is CCc1ccc(-c2cnc(NC(=O)c3c(F)cccc3F)cn2)c(C)c1. The zero-order valence-corrected chi connectivity index (χ0v) is 14.4. The van der Waals surface area contributed by atoms with Crippen LogP contribution in [-0.2, 0) is 6.42 Å². The van der Waals surface area contributed by atoms with Gasteiger partial charge in [-0.15, -0.1) is 0 Å². The van der Waals surface area contributed by atoms with Gasteiger partial charge in [0, 0.05) is 5.56 Å². The van der Waals surface area contributed by atoms with Crippen LogP contribution >= 0.6 is 0 Å². The van der Waals surface area contributed by atoms with E-state index in [2.05, 4.69) is 28.3 Å². The summed E-state index contributed by atoms with van der Waals surface area (Å²) in [6, 6.07) is 9.34. The lowest BCUT2D eigenvalue weighted by Crippen LogP contribution is -2.16. The van der Waals surface area contributed by atoms with Crippen LogP contribution in [0.3, 0.4) is 0 Å². The molecule has 0 fully saturated rings. The molecule has 0 aliphatic rings. The fourth-order valence-electron chi connectivity index (χ4n) is 2.66. The van der Waals surface area contributed by atoms with Gasteiger partial charge in [0.25, 0.3) is 5.91 Å². The largest absolute Gasteiger partial charge is 0.305 e. The van der Waals surface area contributed by atoms with Crippen LogP contribution in [0, 0.1) is 18.6 Å². The lowest BCUT2D eigenvalue weighted by Gasteiger charge is -2.09. The van der Waals surface area contributed by atoms with E-state index in [4.69, 9.17) is 0 Å². The minimum Gasteiger partial charge on any atom is -0.305 e. The molecule has 0 aliphatic carbocycles. The van der Waals surface area contributed by atoms with Crippen molar-refractivity contribution in [3.8, 4) is 11.3 Å². The van der Waals surface area contributed by atoms with Crippen molar-refractivity contribution in [3.05, 3.63) is 77.1 Å². The Morgan fingerprint density at radius 2 is 1.81 bits per heavy atom. The van der Waals surface area contributed by atoms with E-state index >= 15 is 0 Å². The topological polar surface area (TPSA) is 54.9 Å². The van der Waals surface area contributed by atoms with Gasteiger partial charge in [0.2, 0.25) is 0 Å². The number of nitrogens with one attached hydrogen (secondary N) is 1. The van der Waals surface area contributed by atoms with Crippen LogP contribution in [0.2, 0.25) is 0 Å². The molecular weight excluding hydrogens is 336 g/mol. The third kappa shape index (κ3) is 3.59. The van der Waals surface area contributed by atoms with Crippen molar-refractivity contribution in [1.29, 1.82) is 0 Å². The van der Waals surface area contributed by atoms with Gasteiger partial charge in [-0.25, -0.2) is 13.8 Å². The second-order valence-corrected chi connectivity index (χ2v) is 5.84. The number of rotatable bonds is 4. The van der Waals surface area contributed by atoms with Crippen molar-refractivity contribution in [2.45, 2.75) is 20.3 Å². The minimum atomic E-state index is -0.932. The zero-order chi connectivity index (χ0) is 18.7. The van der Waals surface area contributed by atoms with Gasteiger partial charge in [-0.1, -0.05) is 31.2 Å². The molecule has 0 spiro atoms. The first kappa shape index (κ1) is 17.7. The molecular formula is C20H17F2N3O. The third-order valence-electron chi connectivity index (χ3n) is 4.06. The maximum absolute atomic E-state index is 13.7. The highest BCUT2D eigenvalue weighted by Crippen LogP contribution is 2.23. The molecule has 0 saturated heterocycles. The van der Waals surface area contributed by atoms with Gasteiger partial charge in [0.05, 0.1) is 18.1 Å². The van der Waals surface area contributed by atoms with Gasteiger partial charge in [-0.3, -0.25) is 9.78 Å². The molecule has 6 heteroatoms. The van der Waals surface area contributed by atoms with Crippen LogP contribution < -0.4 is 5.32 Å². The van der Waals surface area contributed by atoms with Crippen molar-refractivity contribution in [2.24, 2.45) is 0 Å². The molecule has 3 aromatic rings. The highest BCUT2D eigenvalue weighted by Gasteiger charge is 2.17. The van der Waals surface area contributed by atoms with Crippen molar-refractivity contribution < 1.29 is 13.6 Å². The Kier molecular flexibility index (Phi) is 5.02. The predicted molar refractivity (Wildman–Crippen MR) is 95.9 cm³/mol. The number of amides is 1. The van der Waals surface area contributed by atoms with Crippen molar-refractivity contribution in [2.75, 3.05) is 5.32 Å². The molecule has 1 amide bonds. The van der Waals surface area contributed by atoms with Crippen molar-refractivity contribution >= 4 is 11.7 Å². The number of hydrogen-bond acceptors (Lipinski definition) is 3. The number of aromatic nitrogens is 2. The Hall–Kier alpha value is -3.15. The molecule has 0 atom stereocenters. The molecule has 2 aromatic carbocycles. The van der Waals surface area contributed by atoms with E-state index in [0.717, 1.165) is 29.7 Å². The summed E-state index contributed by atoms with van der Waals surface area (Å²) >= 11 is 0. The lowest BCUT2D eigenvalue weighted by atomic mass is 10.0. The molecule has 132 valence electrons. The van der Waals surface area contributed by atoms with Crippen LogP contribution in [0.5, 0.6) is 0 Å². The van der Waals surface area contributed by atoms with Crippen LogP contribution in [0.25, 0.3) is 11.3 Å². The summed E-state index contributed by atoms with van der Waals surface area (Å²) in [5, 5.41) is 2.36. The van der Waals surface area contributed by atoms with Crippen LogP contribution in [0.4, 0.5) is 14.6 Å². The first-order valence-electron chi connectivity index (χ1n) is 8.17. The highest BCUT2D eigenvalue weighted by atomic mass is 19.1. The second kappa shape index (κ2) is 7.39. The summed E-state index contributed by atoms with van der Waals surface area (Å²) in [5.74, 6) is -2.66. The highest BCUT2D eigenvalue weighted by molar-refractivity contribution is 6.04. The molecule has 1 heterocycles. The average Bonchev–Trinajstić information content (AvgIpc) is 2.62. The van der Waals surface area contributed by atoms with E-state index in [-0.39, 0.29) is 5.82 Å². The smallest absolute Gasteiger partial charge is 0.262 e. The van der Waals surface area contributed by atoms with Gasteiger partial charge >= 0.3 is 0 Å². The minimum absolute atomic E-state index is 0.115. The van der Waals surface area contributed by atoms with Crippen molar-refractivity contribution in [3.63, 3.8) is 0 Å². The number of carbonyl (C=O) groups excluding carboxylic acids is 1. The molecule has 1 aromatic heterocycles. The summed E-state index contributed by atoms with van der Waals surface area (Å²) in [6.07, 6.45) is 3.82. The zero-order valence-electron chi connectivity index (χ0n) is 14.4. The number of carbonyl (C=O) groups is 1. The fourth-order valence-corrected chi connectivity index (χ4v) is 2.66. The Balaban J connectivity index is 1.81. The summed E-state index contributed by atoms with van der Waals surface area (Å²) < 4.78 is 27.3. The molecule has 26 heavy (non-hydrogen) atoms. The number of nitrogens with zero attached hydrogens (tertiary/aromatic N) is 2. The number of anilines is 1. The number of aryl methyl sites for hydroxylation is 2. The standard InChI is InChI=1S/C20H17F2N3O/c1-3-13-7-8-14(12(2)9-13)17-10-24-18(11-23-17)25-20(26)19-15(21)5-4-6-16(19)22/h4-11H,3H2,1-2H3,(H,24,25,26). The molecule has 0 aliphatic heterocycles. The van der Waals surface area contributed by atoms with Gasteiger partial charge in [0.1, 0.15) is 17.2 Å². The number of hydrogen-bond donors (Lipinski definition) is 1. The average molecular weight is 353 g/mol. The quantitative estimate of drug-likeness (QED) is 0.749. The first-order valence-corrected chi connectivity index (χ1v) is 8.17. The van der Waals surface area contributed by atoms with E-state index in [1.807, 2.05) is 19.1 Å². The van der Waals surface area contributed by atoms with Crippen LogP contribution in [0.1, 0.15) is 28.4 Å². The fraction of sp³-hybridized carbons (Fsp3) is 0.150. The Morgan fingerprint density at radius 1 is 1.08 bits per heavy atom. The number of benzene rings is 2. The van der Waals surface area contributed by atoms with Crippen molar-refractivity contribution in [1.82, 2.24) is 9.97 Å². The summed E-state index contributed by atoms with van der Waals surface area (Å²) in [7, 11) is 0. The molecule has 1 N–H and O–H groups in total. The first-order chi connectivity index (χ1) is 12.5. The molecule has 3 rings (SSSR count). The lowest BCUT2D eigenvalue weighted by molar-refractivity contribution is 0.101. The van der Waals surface area contributed by atoms with E-state index < -0.39 is 23.1 Å². The number of halogens is 2. The van der Waals surface area contributed by atoms with E-state index in [1.54, 1.807) is 0 Å². The van der Waals surface area contributed by atoms with Gasteiger partial charge in [-0.05, 0) is 36.6 Å². The third-order valence-corrected chi connectivity index (χ3v) is 4.06. The molecule has 0 saturated carbocycles. The Labute approximate surface area is 149 Å². The normalized spacial score (nSPS) is 10.6. The molecule has 0 unspecified atom stereocenters. The monoisotopic (exact) mass is 353 g/mol. The maximum Gasteiger partial charge on any atom is 0.262 e. The second-order valence-electron chi connectivity index (χ2n) is 5.84. The predicted octanol–water partition coefficient (Wildman–Crippen LogP) is 4.54. The van der Waals surface area contributed by atoms with Crippen LogP contribution in [-0.4, -0.2) is 15.9 Å². The van der Waals surface area contributed by atoms with Gasteiger partial charge in [0.15, 0.2) is 5.82 Å².